The second kappa shape index (κ2) is 3.33. The summed E-state index contributed by atoms with van der Waals surface area (Å²) in [5, 5.41) is 0. The fourth-order valence-electron chi connectivity index (χ4n) is 1.82. The largest absolute Gasteiger partial charge is 0.479 e. The average molecular weight is 219 g/mol. The number of anilines is 1. The highest BCUT2D eigenvalue weighted by atomic mass is 16.5. The van der Waals surface area contributed by atoms with E-state index in [0.717, 1.165) is 18.1 Å². The van der Waals surface area contributed by atoms with Crippen molar-refractivity contribution in [3.05, 3.63) is 6.33 Å². The minimum absolute atomic E-state index is 0.478. The molecule has 0 radical (unpaired) electrons. The summed E-state index contributed by atoms with van der Waals surface area (Å²) < 4.78 is 7.08. The highest BCUT2D eigenvalue weighted by Crippen LogP contribution is 2.33. The van der Waals surface area contributed by atoms with Crippen LogP contribution in [0.5, 0.6) is 5.88 Å². The van der Waals surface area contributed by atoms with Crippen LogP contribution in [0.15, 0.2) is 6.33 Å². The molecule has 1 aliphatic rings. The summed E-state index contributed by atoms with van der Waals surface area (Å²) in [6.45, 7) is 0.891. The molecule has 0 aliphatic heterocycles. The Bertz CT molecular complexity index is 531. The van der Waals surface area contributed by atoms with Gasteiger partial charge in [0.05, 0.1) is 7.11 Å². The molecule has 6 nitrogen and oxygen atoms in total. The van der Waals surface area contributed by atoms with Crippen LogP contribution in [-0.2, 0) is 6.54 Å². The van der Waals surface area contributed by atoms with Gasteiger partial charge in [0.1, 0.15) is 6.33 Å². The van der Waals surface area contributed by atoms with E-state index in [4.69, 9.17) is 10.5 Å². The van der Waals surface area contributed by atoms with Gasteiger partial charge < -0.3 is 10.5 Å². The Kier molecular flexibility index (Phi) is 1.95. The van der Waals surface area contributed by atoms with Crippen LogP contribution in [0.1, 0.15) is 12.8 Å². The lowest BCUT2D eigenvalue weighted by Gasteiger charge is -2.03. The minimum Gasteiger partial charge on any atom is -0.479 e. The molecular formula is C10H13N5O. The molecule has 0 bridgehead atoms. The van der Waals surface area contributed by atoms with Crippen molar-refractivity contribution < 1.29 is 4.74 Å². The number of aromatic nitrogens is 4. The van der Waals surface area contributed by atoms with Gasteiger partial charge in [0, 0.05) is 6.54 Å². The van der Waals surface area contributed by atoms with E-state index in [-0.39, 0.29) is 0 Å². The molecule has 0 spiro atoms. The summed E-state index contributed by atoms with van der Waals surface area (Å²) in [5.74, 6) is 1.69. The molecule has 0 aromatic carbocycles. The summed E-state index contributed by atoms with van der Waals surface area (Å²) in [7, 11) is 1.57. The standard InChI is InChI=1S/C10H13N5O/c1-16-9-7-8(12-5-13-9)15(10(11)14-7)4-6-2-3-6/h5-6H,2-4H2,1H3,(H2,11,14). The molecule has 0 amide bonds. The SMILES string of the molecule is COc1ncnc2c1nc(N)n2CC1CC1. The predicted octanol–water partition coefficient (Wildman–Crippen LogP) is 0.827. The van der Waals surface area contributed by atoms with Gasteiger partial charge in [-0.05, 0) is 18.8 Å². The monoisotopic (exact) mass is 219 g/mol. The quantitative estimate of drug-likeness (QED) is 0.827. The first-order valence-corrected chi connectivity index (χ1v) is 5.30. The van der Waals surface area contributed by atoms with Gasteiger partial charge in [0.15, 0.2) is 11.2 Å². The van der Waals surface area contributed by atoms with E-state index >= 15 is 0 Å². The molecule has 6 heteroatoms. The Morgan fingerprint density at radius 1 is 1.50 bits per heavy atom. The van der Waals surface area contributed by atoms with Gasteiger partial charge in [-0.3, -0.25) is 4.57 Å². The summed E-state index contributed by atoms with van der Waals surface area (Å²) >= 11 is 0. The zero-order valence-electron chi connectivity index (χ0n) is 9.05. The highest BCUT2D eigenvalue weighted by Gasteiger charge is 2.24. The third-order valence-electron chi connectivity index (χ3n) is 2.86. The van der Waals surface area contributed by atoms with Crippen LogP contribution in [0, 0.1) is 5.92 Å². The third kappa shape index (κ3) is 1.37. The number of hydrogen-bond donors (Lipinski definition) is 1. The second-order valence-electron chi connectivity index (χ2n) is 4.08. The lowest BCUT2D eigenvalue weighted by Crippen LogP contribution is -2.05. The van der Waals surface area contributed by atoms with E-state index in [1.165, 1.54) is 19.2 Å². The van der Waals surface area contributed by atoms with Crippen LogP contribution in [0.25, 0.3) is 11.2 Å². The van der Waals surface area contributed by atoms with E-state index in [9.17, 15) is 0 Å². The molecule has 2 aromatic rings. The Labute approximate surface area is 92.5 Å². The van der Waals surface area contributed by atoms with E-state index in [2.05, 4.69) is 15.0 Å². The number of ether oxygens (including phenoxy) is 1. The number of rotatable bonds is 3. The van der Waals surface area contributed by atoms with Crippen LogP contribution >= 0.6 is 0 Å². The maximum atomic E-state index is 5.88. The number of hydrogen-bond acceptors (Lipinski definition) is 5. The molecule has 1 fully saturated rings. The molecule has 2 heterocycles. The average Bonchev–Trinajstić information content (AvgIpc) is 3.04. The Morgan fingerprint density at radius 3 is 3.00 bits per heavy atom. The van der Waals surface area contributed by atoms with Gasteiger partial charge in [-0.2, -0.15) is 4.98 Å². The van der Waals surface area contributed by atoms with Crippen LogP contribution in [0.3, 0.4) is 0 Å². The molecule has 2 aromatic heterocycles. The normalized spacial score (nSPS) is 15.6. The lowest BCUT2D eigenvalue weighted by molar-refractivity contribution is 0.401. The summed E-state index contributed by atoms with van der Waals surface area (Å²) in [5.41, 5.74) is 7.28. The number of nitrogens with zero attached hydrogens (tertiary/aromatic N) is 4. The molecule has 3 rings (SSSR count). The predicted molar refractivity (Wildman–Crippen MR) is 59.0 cm³/mol. The Morgan fingerprint density at radius 2 is 2.31 bits per heavy atom. The number of imidazole rings is 1. The van der Waals surface area contributed by atoms with E-state index < -0.39 is 0 Å². The molecule has 0 saturated heterocycles. The molecule has 0 atom stereocenters. The van der Waals surface area contributed by atoms with Crippen molar-refractivity contribution >= 4 is 17.1 Å². The van der Waals surface area contributed by atoms with Crippen LogP contribution in [-0.4, -0.2) is 26.6 Å². The highest BCUT2D eigenvalue weighted by molar-refractivity contribution is 5.78. The van der Waals surface area contributed by atoms with Gasteiger partial charge in [-0.15, -0.1) is 0 Å². The zero-order valence-corrected chi connectivity index (χ0v) is 9.05. The van der Waals surface area contributed by atoms with Gasteiger partial charge in [-0.1, -0.05) is 0 Å². The number of methoxy groups -OCH3 is 1. The topological polar surface area (TPSA) is 78.8 Å². The molecular weight excluding hydrogens is 206 g/mol. The fraction of sp³-hybridized carbons (Fsp3) is 0.500. The van der Waals surface area contributed by atoms with Crippen LogP contribution < -0.4 is 10.5 Å². The van der Waals surface area contributed by atoms with Crippen molar-refractivity contribution in [1.82, 2.24) is 19.5 Å². The maximum absolute atomic E-state index is 5.88. The van der Waals surface area contributed by atoms with Crippen molar-refractivity contribution in [2.75, 3.05) is 12.8 Å². The zero-order chi connectivity index (χ0) is 11.1. The van der Waals surface area contributed by atoms with Gasteiger partial charge in [0.2, 0.25) is 11.8 Å². The second-order valence-corrected chi connectivity index (χ2v) is 4.08. The molecule has 1 saturated carbocycles. The first-order valence-electron chi connectivity index (χ1n) is 5.30. The van der Waals surface area contributed by atoms with E-state index in [1.807, 2.05) is 4.57 Å². The van der Waals surface area contributed by atoms with Crippen molar-refractivity contribution in [2.45, 2.75) is 19.4 Å². The molecule has 2 N–H and O–H groups in total. The number of nitrogens with two attached hydrogens (primary N) is 1. The van der Waals surface area contributed by atoms with E-state index in [0.29, 0.717) is 17.3 Å². The first kappa shape index (κ1) is 9.38. The Balaban J connectivity index is 2.15. The summed E-state index contributed by atoms with van der Waals surface area (Å²) in [6, 6.07) is 0. The molecule has 16 heavy (non-hydrogen) atoms. The molecule has 1 aliphatic carbocycles. The van der Waals surface area contributed by atoms with E-state index in [1.54, 1.807) is 7.11 Å². The number of fused-ring (bicyclic) bond motifs is 1. The van der Waals surface area contributed by atoms with Crippen molar-refractivity contribution in [3.63, 3.8) is 0 Å². The van der Waals surface area contributed by atoms with Gasteiger partial charge >= 0.3 is 0 Å². The number of nitrogen functional groups attached to an aromatic ring is 1. The van der Waals surface area contributed by atoms with Crippen LogP contribution in [0.4, 0.5) is 5.95 Å². The minimum atomic E-state index is 0.478. The van der Waals surface area contributed by atoms with Crippen molar-refractivity contribution in [2.24, 2.45) is 5.92 Å². The van der Waals surface area contributed by atoms with Gasteiger partial charge in [-0.25, -0.2) is 9.97 Å². The summed E-state index contributed by atoms with van der Waals surface area (Å²) in [6.07, 6.45) is 4.01. The van der Waals surface area contributed by atoms with Crippen molar-refractivity contribution in [3.8, 4) is 5.88 Å². The summed E-state index contributed by atoms with van der Waals surface area (Å²) in [4.78, 5) is 12.5. The third-order valence-corrected chi connectivity index (χ3v) is 2.86. The maximum Gasteiger partial charge on any atom is 0.245 e. The molecule has 84 valence electrons. The molecule has 0 unspecified atom stereocenters. The Hall–Kier alpha value is -1.85. The smallest absolute Gasteiger partial charge is 0.245 e. The van der Waals surface area contributed by atoms with Crippen molar-refractivity contribution in [1.29, 1.82) is 0 Å². The fourth-order valence-corrected chi connectivity index (χ4v) is 1.82. The first-order chi connectivity index (χ1) is 7.79. The van der Waals surface area contributed by atoms with Crippen LogP contribution in [0.2, 0.25) is 0 Å². The van der Waals surface area contributed by atoms with Gasteiger partial charge in [0.25, 0.3) is 0 Å². The lowest BCUT2D eigenvalue weighted by atomic mass is 10.4.